The van der Waals surface area contributed by atoms with Gasteiger partial charge in [0.1, 0.15) is 5.76 Å². The van der Waals surface area contributed by atoms with Crippen LogP contribution in [0.25, 0.3) is 6.08 Å². The largest absolute Gasteiger partial charge is 0.465 e. The van der Waals surface area contributed by atoms with Crippen LogP contribution in [0.15, 0.2) is 53.2 Å². The second kappa shape index (κ2) is 10.2. The summed E-state index contributed by atoms with van der Waals surface area (Å²) in [6.07, 6.45) is 4.74. The average Bonchev–Trinajstić information content (AvgIpc) is 3.15. The number of rotatable bonds is 5. The van der Waals surface area contributed by atoms with E-state index in [4.69, 9.17) is 28.9 Å². The highest BCUT2D eigenvalue weighted by atomic mass is 32.1. The molecule has 2 aromatic rings. The molecule has 0 unspecified atom stereocenters. The molecule has 2 amide bonds. The van der Waals surface area contributed by atoms with Crippen LogP contribution in [0, 0.1) is 0 Å². The second-order valence-electron chi connectivity index (χ2n) is 5.23. The molecule has 27 heavy (non-hydrogen) atoms. The molecule has 1 heterocycles. The first-order valence-electron chi connectivity index (χ1n) is 8.00. The van der Waals surface area contributed by atoms with Crippen molar-refractivity contribution in [1.29, 1.82) is 0 Å². The van der Waals surface area contributed by atoms with Crippen LogP contribution in [0.2, 0.25) is 0 Å². The van der Waals surface area contributed by atoms with Crippen LogP contribution in [0.4, 0.5) is 11.4 Å². The van der Waals surface area contributed by atoms with Crippen molar-refractivity contribution >= 4 is 63.9 Å². The highest BCUT2D eigenvalue weighted by molar-refractivity contribution is 7.80. The third kappa shape index (κ3) is 7.38. The molecule has 7 nitrogen and oxygen atoms in total. The maximum atomic E-state index is 11.8. The fourth-order valence-electron chi connectivity index (χ4n) is 1.87. The molecule has 0 aliphatic carbocycles. The van der Waals surface area contributed by atoms with E-state index in [2.05, 4.69) is 21.3 Å². The molecule has 140 valence electrons. The minimum absolute atomic E-state index is 0.159. The number of anilines is 2. The van der Waals surface area contributed by atoms with Crippen molar-refractivity contribution in [3.05, 3.63) is 54.5 Å². The number of hydrogen-bond donors (Lipinski definition) is 4. The van der Waals surface area contributed by atoms with E-state index >= 15 is 0 Å². The Hall–Kier alpha value is -3.04. The molecule has 1 aromatic heterocycles. The standard InChI is InChI=1S/C18H18N4O3S2/c1-2-15(23)21-17(26)19-12-5-7-13(8-6-12)20-18(27)22-16(24)10-9-14-4-3-11-25-14/h3-11H,2H2,1H3,(H2,19,21,23,26)(H2,20,22,24,27). The molecule has 0 aliphatic heterocycles. The van der Waals surface area contributed by atoms with E-state index in [-0.39, 0.29) is 22.0 Å². The highest BCUT2D eigenvalue weighted by Crippen LogP contribution is 2.13. The highest BCUT2D eigenvalue weighted by Gasteiger charge is 2.04. The van der Waals surface area contributed by atoms with E-state index in [1.807, 2.05) is 0 Å². The van der Waals surface area contributed by atoms with E-state index in [1.54, 1.807) is 49.4 Å². The topological polar surface area (TPSA) is 95.4 Å². The minimum Gasteiger partial charge on any atom is -0.465 e. The predicted octanol–water partition coefficient (Wildman–Crippen LogP) is 3.03. The maximum absolute atomic E-state index is 11.8. The van der Waals surface area contributed by atoms with Crippen molar-refractivity contribution < 1.29 is 14.0 Å². The third-order valence-corrected chi connectivity index (χ3v) is 3.56. The first-order chi connectivity index (χ1) is 13.0. The molecule has 0 aliphatic rings. The van der Waals surface area contributed by atoms with Gasteiger partial charge in [-0.3, -0.25) is 14.9 Å². The summed E-state index contributed by atoms with van der Waals surface area (Å²) in [4.78, 5) is 23.1. The molecule has 9 heteroatoms. The summed E-state index contributed by atoms with van der Waals surface area (Å²) >= 11 is 10.1. The molecule has 0 radical (unpaired) electrons. The van der Waals surface area contributed by atoms with Crippen molar-refractivity contribution in [2.75, 3.05) is 10.6 Å². The summed E-state index contributed by atoms with van der Waals surface area (Å²) in [5.41, 5.74) is 1.39. The summed E-state index contributed by atoms with van der Waals surface area (Å²) in [6, 6.07) is 10.5. The molecule has 0 bridgehead atoms. The molecular formula is C18H18N4O3S2. The quantitative estimate of drug-likeness (QED) is 0.451. The zero-order chi connectivity index (χ0) is 19.6. The number of furan rings is 1. The summed E-state index contributed by atoms with van der Waals surface area (Å²) in [5.74, 6) is 0.0346. The Labute approximate surface area is 167 Å². The fourth-order valence-corrected chi connectivity index (χ4v) is 2.32. The first-order valence-corrected chi connectivity index (χ1v) is 8.82. The average molecular weight is 403 g/mol. The van der Waals surface area contributed by atoms with Crippen LogP contribution in [0.3, 0.4) is 0 Å². The Bertz CT molecular complexity index is 846. The molecule has 4 N–H and O–H groups in total. The zero-order valence-electron chi connectivity index (χ0n) is 14.4. The van der Waals surface area contributed by atoms with E-state index in [9.17, 15) is 9.59 Å². The Morgan fingerprint density at radius 1 is 1.00 bits per heavy atom. The lowest BCUT2D eigenvalue weighted by atomic mass is 10.3. The minimum atomic E-state index is -0.376. The van der Waals surface area contributed by atoms with Crippen molar-refractivity contribution in [3.63, 3.8) is 0 Å². The van der Waals surface area contributed by atoms with Gasteiger partial charge in [-0.1, -0.05) is 6.92 Å². The van der Waals surface area contributed by atoms with Gasteiger partial charge in [-0.25, -0.2) is 0 Å². The zero-order valence-corrected chi connectivity index (χ0v) is 16.1. The smallest absolute Gasteiger partial charge is 0.250 e. The van der Waals surface area contributed by atoms with Crippen molar-refractivity contribution in [2.45, 2.75) is 13.3 Å². The first kappa shape index (κ1) is 20.3. The molecule has 0 saturated carbocycles. The van der Waals surface area contributed by atoms with Gasteiger partial charge in [0.05, 0.1) is 6.26 Å². The van der Waals surface area contributed by atoms with Gasteiger partial charge in [0, 0.05) is 23.9 Å². The number of nitrogens with one attached hydrogen (secondary N) is 4. The predicted molar refractivity (Wildman–Crippen MR) is 113 cm³/mol. The van der Waals surface area contributed by atoms with Gasteiger partial charge in [-0.05, 0) is 66.9 Å². The molecule has 1 aromatic carbocycles. The normalized spacial score (nSPS) is 10.3. The van der Waals surface area contributed by atoms with Crippen LogP contribution >= 0.6 is 24.4 Å². The molecule has 0 spiro atoms. The van der Waals surface area contributed by atoms with Gasteiger partial charge in [-0.2, -0.15) is 0 Å². The second-order valence-corrected chi connectivity index (χ2v) is 6.04. The van der Waals surface area contributed by atoms with Gasteiger partial charge in [0.2, 0.25) is 11.8 Å². The number of thiocarbonyl (C=S) groups is 2. The van der Waals surface area contributed by atoms with Gasteiger partial charge in [0.15, 0.2) is 10.2 Å². The molecule has 0 saturated heterocycles. The summed E-state index contributed by atoms with van der Waals surface area (Å²) < 4.78 is 5.10. The van der Waals surface area contributed by atoms with Crippen LogP contribution < -0.4 is 21.3 Å². The SMILES string of the molecule is CCC(=O)NC(=S)Nc1ccc(NC(=S)NC(=O)C=Cc2ccco2)cc1. The van der Waals surface area contributed by atoms with Crippen molar-refractivity contribution in [2.24, 2.45) is 0 Å². The van der Waals surface area contributed by atoms with Crippen LogP contribution in [0.1, 0.15) is 19.1 Å². The number of benzene rings is 1. The van der Waals surface area contributed by atoms with Crippen molar-refractivity contribution in [1.82, 2.24) is 10.6 Å². The van der Waals surface area contributed by atoms with E-state index < -0.39 is 0 Å². The van der Waals surface area contributed by atoms with Crippen LogP contribution in [-0.4, -0.2) is 22.0 Å². The van der Waals surface area contributed by atoms with Gasteiger partial charge >= 0.3 is 0 Å². The van der Waals surface area contributed by atoms with Gasteiger partial charge in [-0.15, -0.1) is 0 Å². The Balaban J connectivity index is 1.81. The maximum Gasteiger partial charge on any atom is 0.250 e. The van der Waals surface area contributed by atoms with Crippen LogP contribution in [-0.2, 0) is 9.59 Å². The lowest BCUT2D eigenvalue weighted by Crippen LogP contribution is -2.33. The van der Waals surface area contributed by atoms with Crippen LogP contribution in [0.5, 0.6) is 0 Å². The van der Waals surface area contributed by atoms with Gasteiger partial charge in [0.25, 0.3) is 0 Å². The Morgan fingerprint density at radius 3 is 2.11 bits per heavy atom. The van der Waals surface area contributed by atoms with Gasteiger partial charge < -0.3 is 20.4 Å². The fraction of sp³-hybridized carbons (Fsp3) is 0.111. The van der Waals surface area contributed by atoms with E-state index in [1.165, 1.54) is 12.3 Å². The summed E-state index contributed by atoms with van der Waals surface area (Å²) in [5, 5.41) is 11.3. The summed E-state index contributed by atoms with van der Waals surface area (Å²) in [7, 11) is 0. The number of carbonyl (C=O) groups is 2. The van der Waals surface area contributed by atoms with E-state index in [0.717, 1.165) is 0 Å². The monoisotopic (exact) mass is 402 g/mol. The third-order valence-electron chi connectivity index (χ3n) is 3.15. The lowest BCUT2D eigenvalue weighted by molar-refractivity contribution is -0.119. The molecule has 0 fully saturated rings. The van der Waals surface area contributed by atoms with Crippen molar-refractivity contribution in [3.8, 4) is 0 Å². The molecule has 0 atom stereocenters. The number of hydrogen-bond acceptors (Lipinski definition) is 5. The molecule has 2 rings (SSSR count). The molecular weight excluding hydrogens is 384 g/mol. The number of carbonyl (C=O) groups excluding carboxylic acids is 2. The van der Waals surface area contributed by atoms with E-state index in [0.29, 0.717) is 23.6 Å². The number of amides is 2. The summed E-state index contributed by atoms with van der Waals surface area (Å²) in [6.45, 7) is 1.74. The Kier molecular flexibility index (Phi) is 7.65. The lowest BCUT2D eigenvalue weighted by Gasteiger charge is -2.11. The Morgan fingerprint density at radius 2 is 1.59 bits per heavy atom.